The van der Waals surface area contributed by atoms with Crippen molar-refractivity contribution in [3.63, 3.8) is 0 Å². The van der Waals surface area contributed by atoms with Crippen LogP contribution in [0.3, 0.4) is 0 Å². The minimum atomic E-state index is -4.43. The van der Waals surface area contributed by atoms with Crippen molar-refractivity contribution in [3.05, 3.63) is 40.4 Å². The normalized spacial score (nSPS) is 12.3. The standard InChI is InChI=1S/C10H9ClF3N/c11-9-4-3-7(2-1-5-15)6-8(9)10(12,13)14/h1-4,6H,5,15H2/b2-1+. The monoisotopic (exact) mass is 235 g/mol. The number of rotatable bonds is 2. The third-order valence-corrected chi connectivity index (χ3v) is 2.07. The zero-order chi connectivity index (χ0) is 11.5. The number of benzene rings is 1. The van der Waals surface area contributed by atoms with Crippen LogP contribution in [-0.4, -0.2) is 6.54 Å². The Morgan fingerprint density at radius 2 is 2.00 bits per heavy atom. The maximum atomic E-state index is 12.4. The average Bonchev–Trinajstić information content (AvgIpc) is 2.15. The number of alkyl halides is 3. The van der Waals surface area contributed by atoms with E-state index in [1.165, 1.54) is 18.2 Å². The molecule has 0 saturated carbocycles. The summed E-state index contributed by atoms with van der Waals surface area (Å²) < 4.78 is 37.3. The maximum absolute atomic E-state index is 12.4. The van der Waals surface area contributed by atoms with Gasteiger partial charge in [-0.05, 0) is 17.7 Å². The topological polar surface area (TPSA) is 26.0 Å². The molecule has 0 spiro atoms. The maximum Gasteiger partial charge on any atom is 0.417 e. The van der Waals surface area contributed by atoms with Crippen LogP contribution in [0.2, 0.25) is 5.02 Å². The van der Waals surface area contributed by atoms with Gasteiger partial charge in [-0.3, -0.25) is 0 Å². The summed E-state index contributed by atoms with van der Waals surface area (Å²) in [4.78, 5) is 0. The third kappa shape index (κ3) is 3.25. The van der Waals surface area contributed by atoms with Crippen molar-refractivity contribution in [1.82, 2.24) is 0 Å². The van der Waals surface area contributed by atoms with Gasteiger partial charge in [-0.1, -0.05) is 29.8 Å². The molecule has 0 heterocycles. The molecule has 2 N–H and O–H groups in total. The summed E-state index contributed by atoms with van der Waals surface area (Å²) in [6.45, 7) is 0.282. The van der Waals surface area contributed by atoms with Gasteiger partial charge in [-0.25, -0.2) is 0 Å². The fourth-order valence-electron chi connectivity index (χ4n) is 1.07. The molecule has 1 aromatic rings. The van der Waals surface area contributed by atoms with Crippen molar-refractivity contribution in [2.24, 2.45) is 5.73 Å². The van der Waals surface area contributed by atoms with Gasteiger partial charge in [0.1, 0.15) is 0 Å². The second-order valence-corrected chi connectivity index (χ2v) is 3.28. The fraction of sp³-hybridized carbons (Fsp3) is 0.200. The average molecular weight is 236 g/mol. The molecule has 0 fully saturated rings. The lowest BCUT2D eigenvalue weighted by Crippen LogP contribution is -2.05. The Kier molecular flexibility index (Phi) is 3.77. The Morgan fingerprint density at radius 1 is 1.33 bits per heavy atom. The van der Waals surface area contributed by atoms with Crippen LogP contribution in [0.15, 0.2) is 24.3 Å². The number of hydrogen-bond donors (Lipinski definition) is 1. The van der Waals surface area contributed by atoms with Crippen LogP contribution in [-0.2, 0) is 6.18 Å². The molecule has 0 aliphatic heterocycles. The number of halogens is 4. The lowest BCUT2D eigenvalue weighted by atomic mass is 10.1. The zero-order valence-electron chi connectivity index (χ0n) is 7.68. The summed E-state index contributed by atoms with van der Waals surface area (Å²) in [5.74, 6) is 0. The van der Waals surface area contributed by atoms with E-state index in [1.54, 1.807) is 6.08 Å². The first-order valence-electron chi connectivity index (χ1n) is 4.18. The molecule has 0 unspecified atom stereocenters. The van der Waals surface area contributed by atoms with Crippen LogP contribution in [0.1, 0.15) is 11.1 Å². The fourth-order valence-corrected chi connectivity index (χ4v) is 1.29. The van der Waals surface area contributed by atoms with Crippen molar-refractivity contribution in [2.45, 2.75) is 6.18 Å². The van der Waals surface area contributed by atoms with E-state index in [0.29, 0.717) is 5.56 Å². The second-order valence-electron chi connectivity index (χ2n) is 2.88. The van der Waals surface area contributed by atoms with Gasteiger partial charge in [0.05, 0.1) is 10.6 Å². The minimum absolute atomic E-state index is 0.282. The summed E-state index contributed by atoms with van der Waals surface area (Å²) in [5, 5.41) is -0.299. The summed E-state index contributed by atoms with van der Waals surface area (Å²) in [5.41, 5.74) is 4.79. The van der Waals surface area contributed by atoms with E-state index < -0.39 is 11.7 Å². The van der Waals surface area contributed by atoms with Crippen LogP contribution in [0, 0.1) is 0 Å². The van der Waals surface area contributed by atoms with Crippen molar-refractivity contribution in [2.75, 3.05) is 6.54 Å². The van der Waals surface area contributed by atoms with Gasteiger partial charge >= 0.3 is 6.18 Å². The van der Waals surface area contributed by atoms with Gasteiger partial charge in [0.15, 0.2) is 0 Å². The molecule has 0 bridgehead atoms. The molecule has 0 aliphatic rings. The lowest BCUT2D eigenvalue weighted by Gasteiger charge is -2.09. The molecule has 82 valence electrons. The van der Waals surface area contributed by atoms with E-state index >= 15 is 0 Å². The highest BCUT2D eigenvalue weighted by molar-refractivity contribution is 6.31. The summed E-state index contributed by atoms with van der Waals surface area (Å²) in [7, 11) is 0. The Bertz CT molecular complexity index is 371. The van der Waals surface area contributed by atoms with Gasteiger partial charge in [0, 0.05) is 6.54 Å². The van der Waals surface area contributed by atoms with Crippen molar-refractivity contribution in [1.29, 1.82) is 0 Å². The van der Waals surface area contributed by atoms with Crippen LogP contribution in [0.4, 0.5) is 13.2 Å². The SMILES string of the molecule is NC/C=C/c1ccc(Cl)c(C(F)(F)F)c1. The molecule has 0 saturated heterocycles. The zero-order valence-corrected chi connectivity index (χ0v) is 8.44. The van der Waals surface area contributed by atoms with Gasteiger partial charge in [-0.15, -0.1) is 0 Å². The van der Waals surface area contributed by atoms with Gasteiger partial charge in [0.25, 0.3) is 0 Å². The quantitative estimate of drug-likeness (QED) is 0.836. The molecular formula is C10H9ClF3N. The van der Waals surface area contributed by atoms with Crippen molar-refractivity contribution in [3.8, 4) is 0 Å². The molecule has 1 nitrogen and oxygen atoms in total. The highest BCUT2D eigenvalue weighted by Crippen LogP contribution is 2.35. The van der Waals surface area contributed by atoms with E-state index in [0.717, 1.165) is 6.07 Å². The van der Waals surface area contributed by atoms with Gasteiger partial charge in [-0.2, -0.15) is 13.2 Å². The Balaban J connectivity index is 3.11. The predicted octanol–water partition coefficient (Wildman–Crippen LogP) is 3.33. The smallest absolute Gasteiger partial charge is 0.327 e. The van der Waals surface area contributed by atoms with Crippen LogP contribution >= 0.6 is 11.6 Å². The molecule has 5 heteroatoms. The van der Waals surface area contributed by atoms with E-state index in [2.05, 4.69) is 0 Å². The molecule has 1 aromatic carbocycles. The molecular weight excluding hydrogens is 227 g/mol. The van der Waals surface area contributed by atoms with E-state index in [1.807, 2.05) is 0 Å². The summed E-state index contributed by atoms with van der Waals surface area (Å²) in [6, 6.07) is 3.72. The molecule has 0 radical (unpaired) electrons. The highest BCUT2D eigenvalue weighted by Gasteiger charge is 2.33. The third-order valence-electron chi connectivity index (χ3n) is 1.74. The van der Waals surface area contributed by atoms with Crippen LogP contribution in [0.5, 0.6) is 0 Å². The van der Waals surface area contributed by atoms with Gasteiger partial charge < -0.3 is 5.73 Å². The first-order chi connectivity index (χ1) is 6.95. The van der Waals surface area contributed by atoms with Crippen LogP contribution < -0.4 is 5.73 Å². The molecule has 0 amide bonds. The Morgan fingerprint density at radius 3 is 2.53 bits per heavy atom. The number of hydrogen-bond acceptors (Lipinski definition) is 1. The van der Waals surface area contributed by atoms with E-state index in [4.69, 9.17) is 17.3 Å². The molecule has 0 aliphatic carbocycles. The van der Waals surface area contributed by atoms with E-state index in [-0.39, 0.29) is 11.6 Å². The van der Waals surface area contributed by atoms with Gasteiger partial charge in [0.2, 0.25) is 0 Å². The Hall–Kier alpha value is -1.00. The molecule has 1 rings (SSSR count). The second kappa shape index (κ2) is 4.68. The first kappa shape index (κ1) is 12.1. The number of nitrogens with two attached hydrogens (primary N) is 1. The molecule has 0 aromatic heterocycles. The Labute approximate surface area is 90.3 Å². The lowest BCUT2D eigenvalue weighted by molar-refractivity contribution is -0.137. The summed E-state index contributed by atoms with van der Waals surface area (Å²) in [6.07, 6.45) is -1.33. The van der Waals surface area contributed by atoms with E-state index in [9.17, 15) is 13.2 Å². The van der Waals surface area contributed by atoms with Crippen LogP contribution in [0.25, 0.3) is 6.08 Å². The first-order valence-corrected chi connectivity index (χ1v) is 4.56. The molecule has 15 heavy (non-hydrogen) atoms. The minimum Gasteiger partial charge on any atom is -0.327 e. The van der Waals surface area contributed by atoms with Crippen molar-refractivity contribution < 1.29 is 13.2 Å². The largest absolute Gasteiger partial charge is 0.417 e. The highest BCUT2D eigenvalue weighted by atomic mass is 35.5. The van der Waals surface area contributed by atoms with Crippen molar-refractivity contribution >= 4 is 17.7 Å². The summed E-state index contributed by atoms with van der Waals surface area (Å²) >= 11 is 5.45. The molecule has 0 atom stereocenters. The predicted molar refractivity (Wildman–Crippen MR) is 54.5 cm³/mol.